The van der Waals surface area contributed by atoms with Crippen LogP contribution >= 0.6 is 11.3 Å². The monoisotopic (exact) mass is 308 g/mol. The Labute approximate surface area is 134 Å². The Kier molecular flexibility index (Phi) is 6.24. The standard InChI is InChI=1S/C18H32N2S/c1-5-6-14-7-8-15(13-20-18(2,3)4)16(11-14)12-17-19-9-10-21-17/h9-10,14-16,20H,5-8,11-13H2,1-4H3. The zero-order valence-corrected chi connectivity index (χ0v) is 15.0. The van der Waals surface area contributed by atoms with E-state index in [0.29, 0.717) is 0 Å². The SMILES string of the molecule is CCCC1CCC(CNC(C)(C)C)C(Cc2nccs2)C1. The molecule has 21 heavy (non-hydrogen) atoms. The molecule has 0 aliphatic heterocycles. The number of hydrogen-bond donors (Lipinski definition) is 1. The maximum Gasteiger partial charge on any atom is 0.0927 e. The van der Waals surface area contributed by atoms with E-state index < -0.39 is 0 Å². The van der Waals surface area contributed by atoms with Crippen molar-refractivity contribution in [2.75, 3.05) is 6.54 Å². The van der Waals surface area contributed by atoms with Gasteiger partial charge in [-0.25, -0.2) is 4.98 Å². The van der Waals surface area contributed by atoms with Crippen LogP contribution in [-0.4, -0.2) is 17.1 Å². The molecule has 1 heterocycles. The lowest BCUT2D eigenvalue weighted by molar-refractivity contribution is 0.159. The number of rotatable bonds is 6. The number of nitrogens with one attached hydrogen (secondary N) is 1. The van der Waals surface area contributed by atoms with Gasteiger partial charge in [-0.1, -0.05) is 26.2 Å². The highest BCUT2D eigenvalue weighted by Crippen LogP contribution is 2.38. The first-order chi connectivity index (χ1) is 9.98. The van der Waals surface area contributed by atoms with Crippen molar-refractivity contribution in [1.82, 2.24) is 10.3 Å². The van der Waals surface area contributed by atoms with E-state index in [9.17, 15) is 0 Å². The molecule has 0 amide bonds. The van der Waals surface area contributed by atoms with E-state index in [-0.39, 0.29) is 5.54 Å². The summed E-state index contributed by atoms with van der Waals surface area (Å²) in [5, 5.41) is 7.18. The average Bonchev–Trinajstić information content (AvgIpc) is 2.90. The van der Waals surface area contributed by atoms with Crippen molar-refractivity contribution in [3.8, 4) is 0 Å². The molecule has 1 aromatic heterocycles. The highest BCUT2D eigenvalue weighted by molar-refractivity contribution is 7.09. The Balaban J connectivity index is 1.96. The number of aromatic nitrogens is 1. The largest absolute Gasteiger partial charge is 0.312 e. The summed E-state index contributed by atoms with van der Waals surface area (Å²) in [6.45, 7) is 10.3. The molecule has 1 fully saturated rings. The van der Waals surface area contributed by atoms with Crippen molar-refractivity contribution in [3.63, 3.8) is 0 Å². The van der Waals surface area contributed by atoms with Crippen LogP contribution in [0.1, 0.15) is 64.8 Å². The van der Waals surface area contributed by atoms with E-state index >= 15 is 0 Å². The Morgan fingerprint density at radius 2 is 2.10 bits per heavy atom. The van der Waals surface area contributed by atoms with Crippen LogP contribution in [0.3, 0.4) is 0 Å². The molecule has 0 spiro atoms. The molecular weight excluding hydrogens is 276 g/mol. The summed E-state index contributed by atoms with van der Waals surface area (Å²) in [5.74, 6) is 2.59. The van der Waals surface area contributed by atoms with E-state index in [4.69, 9.17) is 0 Å². The van der Waals surface area contributed by atoms with Crippen LogP contribution in [-0.2, 0) is 6.42 Å². The van der Waals surface area contributed by atoms with Gasteiger partial charge in [0.25, 0.3) is 0 Å². The molecule has 1 aliphatic rings. The summed E-state index contributed by atoms with van der Waals surface area (Å²) in [7, 11) is 0. The van der Waals surface area contributed by atoms with Gasteiger partial charge in [0, 0.05) is 23.5 Å². The average molecular weight is 309 g/mol. The van der Waals surface area contributed by atoms with E-state index in [1.54, 1.807) is 0 Å². The Bertz CT molecular complexity index is 394. The van der Waals surface area contributed by atoms with Crippen molar-refractivity contribution >= 4 is 11.3 Å². The topological polar surface area (TPSA) is 24.9 Å². The van der Waals surface area contributed by atoms with Gasteiger partial charge in [0.15, 0.2) is 0 Å². The maximum absolute atomic E-state index is 4.52. The fourth-order valence-corrected chi connectivity index (χ4v) is 4.34. The molecule has 0 bridgehead atoms. The highest BCUT2D eigenvalue weighted by Gasteiger charge is 2.31. The summed E-state index contributed by atoms with van der Waals surface area (Å²) in [6, 6.07) is 0. The van der Waals surface area contributed by atoms with Gasteiger partial charge in [-0.05, 0) is 57.9 Å². The summed E-state index contributed by atoms with van der Waals surface area (Å²) < 4.78 is 0. The molecule has 2 nitrogen and oxygen atoms in total. The van der Waals surface area contributed by atoms with Crippen LogP contribution in [0.2, 0.25) is 0 Å². The first kappa shape index (κ1) is 17.0. The van der Waals surface area contributed by atoms with Gasteiger partial charge in [0.2, 0.25) is 0 Å². The fourth-order valence-electron chi connectivity index (χ4n) is 3.63. The third kappa shape index (κ3) is 5.71. The third-order valence-electron chi connectivity index (χ3n) is 4.76. The maximum atomic E-state index is 4.52. The lowest BCUT2D eigenvalue weighted by Gasteiger charge is -2.37. The highest BCUT2D eigenvalue weighted by atomic mass is 32.1. The zero-order valence-electron chi connectivity index (χ0n) is 14.2. The van der Waals surface area contributed by atoms with Crippen molar-refractivity contribution in [3.05, 3.63) is 16.6 Å². The van der Waals surface area contributed by atoms with Crippen molar-refractivity contribution in [1.29, 1.82) is 0 Å². The molecular formula is C18H32N2S. The number of hydrogen-bond acceptors (Lipinski definition) is 3. The molecule has 3 heteroatoms. The number of nitrogens with zero attached hydrogens (tertiary/aromatic N) is 1. The number of thiazole rings is 1. The third-order valence-corrected chi connectivity index (χ3v) is 5.56. The fraction of sp³-hybridized carbons (Fsp3) is 0.833. The van der Waals surface area contributed by atoms with Crippen molar-refractivity contribution < 1.29 is 0 Å². The van der Waals surface area contributed by atoms with Crippen LogP contribution in [0.4, 0.5) is 0 Å². The van der Waals surface area contributed by atoms with Gasteiger partial charge in [0.1, 0.15) is 0 Å². The second kappa shape index (κ2) is 7.73. The minimum atomic E-state index is 0.228. The molecule has 1 saturated carbocycles. The molecule has 0 radical (unpaired) electrons. The predicted molar refractivity (Wildman–Crippen MR) is 92.8 cm³/mol. The van der Waals surface area contributed by atoms with Crippen molar-refractivity contribution in [2.24, 2.45) is 17.8 Å². The molecule has 3 atom stereocenters. The molecule has 2 rings (SSSR count). The van der Waals surface area contributed by atoms with Crippen LogP contribution in [0.15, 0.2) is 11.6 Å². The van der Waals surface area contributed by atoms with Gasteiger partial charge < -0.3 is 5.32 Å². The smallest absolute Gasteiger partial charge is 0.0927 e. The van der Waals surface area contributed by atoms with Crippen molar-refractivity contribution in [2.45, 2.75) is 71.8 Å². The van der Waals surface area contributed by atoms with Gasteiger partial charge in [-0.3, -0.25) is 0 Å². The van der Waals surface area contributed by atoms with Gasteiger partial charge in [0.05, 0.1) is 5.01 Å². The van der Waals surface area contributed by atoms with E-state index in [2.05, 4.69) is 43.4 Å². The van der Waals surface area contributed by atoms with Crippen LogP contribution < -0.4 is 5.32 Å². The molecule has 3 unspecified atom stereocenters. The molecule has 1 aliphatic carbocycles. The first-order valence-electron chi connectivity index (χ1n) is 8.61. The van der Waals surface area contributed by atoms with Gasteiger partial charge >= 0.3 is 0 Å². The lowest BCUT2D eigenvalue weighted by Crippen LogP contribution is -2.42. The zero-order chi connectivity index (χ0) is 15.3. The van der Waals surface area contributed by atoms with E-state index in [1.165, 1.54) is 50.1 Å². The second-order valence-electron chi connectivity index (χ2n) is 7.75. The molecule has 1 N–H and O–H groups in total. The predicted octanol–water partition coefficient (Wildman–Crippen LogP) is 4.91. The van der Waals surface area contributed by atoms with E-state index in [0.717, 1.165) is 17.8 Å². The summed E-state index contributed by atoms with van der Waals surface area (Å²) in [6.07, 6.45) is 10.1. The Morgan fingerprint density at radius 3 is 2.71 bits per heavy atom. The molecule has 0 saturated heterocycles. The normalized spacial score (nSPS) is 27.0. The second-order valence-corrected chi connectivity index (χ2v) is 8.73. The Morgan fingerprint density at radius 1 is 1.29 bits per heavy atom. The molecule has 1 aromatic rings. The molecule has 0 aromatic carbocycles. The minimum Gasteiger partial charge on any atom is -0.312 e. The van der Waals surface area contributed by atoms with Gasteiger partial charge in [-0.2, -0.15) is 0 Å². The Hall–Kier alpha value is -0.410. The van der Waals surface area contributed by atoms with Crippen LogP contribution in [0.5, 0.6) is 0 Å². The van der Waals surface area contributed by atoms with E-state index in [1.807, 2.05) is 17.5 Å². The summed E-state index contributed by atoms with van der Waals surface area (Å²) in [4.78, 5) is 4.52. The summed E-state index contributed by atoms with van der Waals surface area (Å²) >= 11 is 1.83. The molecule has 120 valence electrons. The quantitative estimate of drug-likeness (QED) is 0.808. The first-order valence-corrected chi connectivity index (χ1v) is 9.49. The minimum absolute atomic E-state index is 0.228. The summed E-state index contributed by atoms with van der Waals surface area (Å²) in [5.41, 5.74) is 0.228. The lowest BCUT2D eigenvalue weighted by atomic mass is 9.71. The van der Waals surface area contributed by atoms with Crippen LogP contribution in [0.25, 0.3) is 0 Å². The van der Waals surface area contributed by atoms with Crippen LogP contribution in [0, 0.1) is 17.8 Å². The van der Waals surface area contributed by atoms with Gasteiger partial charge in [-0.15, -0.1) is 11.3 Å².